The minimum Gasteiger partial charge on any atom is -0.478 e. The molecule has 0 amide bonds. The van der Waals surface area contributed by atoms with Crippen LogP contribution in [0.5, 0.6) is 0 Å². The summed E-state index contributed by atoms with van der Waals surface area (Å²) in [5, 5.41) is 22.5. The van der Waals surface area contributed by atoms with Crippen LogP contribution in [-0.4, -0.2) is 47.9 Å². The quantitative estimate of drug-likeness (QED) is 0.778. The first-order valence-electron chi connectivity index (χ1n) is 6.65. The lowest BCUT2D eigenvalue weighted by molar-refractivity contribution is 0.0697. The van der Waals surface area contributed by atoms with E-state index in [2.05, 4.69) is 10.3 Å². The highest BCUT2D eigenvalue weighted by Gasteiger charge is 2.15. The standard InChI is InChI=1S/C15H19N3O3/c1-9(19)7-17-14-11-6-10(18(2)3)4-5-13(11)16-8-12(14)15(20)21/h4-6,8-9,19H,7H2,1-3H3,(H,16,17)(H,20,21)/t9-/m1/s1. The number of nitrogens with one attached hydrogen (secondary N) is 1. The summed E-state index contributed by atoms with van der Waals surface area (Å²) >= 11 is 0. The van der Waals surface area contributed by atoms with Crippen molar-refractivity contribution in [3.8, 4) is 0 Å². The number of aromatic carboxylic acids is 1. The van der Waals surface area contributed by atoms with Gasteiger partial charge >= 0.3 is 5.97 Å². The third-order valence-electron chi connectivity index (χ3n) is 3.17. The summed E-state index contributed by atoms with van der Waals surface area (Å²) < 4.78 is 0. The van der Waals surface area contributed by atoms with Crippen LogP contribution in [0.3, 0.4) is 0 Å². The molecule has 1 aromatic heterocycles. The van der Waals surface area contributed by atoms with Gasteiger partial charge in [-0.15, -0.1) is 0 Å². The van der Waals surface area contributed by atoms with Crippen LogP contribution in [0.4, 0.5) is 11.4 Å². The van der Waals surface area contributed by atoms with Gasteiger partial charge in [0.05, 0.1) is 17.3 Å². The average molecular weight is 289 g/mol. The summed E-state index contributed by atoms with van der Waals surface area (Å²) in [5.41, 5.74) is 2.24. The summed E-state index contributed by atoms with van der Waals surface area (Å²) in [6.07, 6.45) is 0.761. The van der Waals surface area contributed by atoms with Gasteiger partial charge in [-0.05, 0) is 25.1 Å². The van der Waals surface area contributed by atoms with Crippen molar-refractivity contribution >= 4 is 28.2 Å². The maximum atomic E-state index is 11.4. The number of fused-ring (bicyclic) bond motifs is 1. The number of hydrogen-bond donors (Lipinski definition) is 3. The number of benzene rings is 1. The molecule has 0 unspecified atom stereocenters. The molecule has 21 heavy (non-hydrogen) atoms. The van der Waals surface area contributed by atoms with Crippen molar-refractivity contribution in [1.29, 1.82) is 0 Å². The lowest BCUT2D eigenvalue weighted by Crippen LogP contribution is -2.18. The predicted octanol–water partition coefficient (Wildman–Crippen LogP) is 1.79. The highest BCUT2D eigenvalue weighted by Crippen LogP contribution is 2.29. The summed E-state index contributed by atoms with van der Waals surface area (Å²) in [6.45, 7) is 1.91. The first-order valence-corrected chi connectivity index (χ1v) is 6.65. The highest BCUT2D eigenvalue weighted by atomic mass is 16.4. The van der Waals surface area contributed by atoms with E-state index in [1.165, 1.54) is 6.20 Å². The van der Waals surface area contributed by atoms with E-state index in [1.807, 2.05) is 37.2 Å². The number of carboxylic acids is 1. The van der Waals surface area contributed by atoms with Crippen LogP contribution in [0.25, 0.3) is 10.9 Å². The minimum atomic E-state index is -1.05. The second-order valence-corrected chi connectivity index (χ2v) is 5.18. The van der Waals surface area contributed by atoms with Crippen LogP contribution in [-0.2, 0) is 0 Å². The molecule has 0 aliphatic carbocycles. The van der Waals surface area contributed by atoms with Gasteiger partial charge in [0.25, 0.3) is 0 Å². The lowest BCUT2D eigenvalue weighted by atomic mass is 10.1. The van der Waals surface area contributed by atoms with E-state index in [-0.39, 0.29) is 12.1 Å². The number of aliphatic hydroxyl groups excluding tert-OH is 1. The van der Waals surface area contributed by atoms with Gasteiger partial charge in [0, 0.05) is 37.9 Å². The number of pyridine rings is 1. The van der Waals surface area contributed by atoms with E-state index in [9.17, 15) is 15.0 Å². The molecule has 3 N–H and O–H groups in total. The van der Waals surface area contributed by atoms with Crippen molar-refractivity contribution in [1.82, 2.24) is 4.98 Å². The van der Waals surface area contributed by atoms with E-state index in [0.717, 1.165) is 11.1 Å². The Morgan fingerprint density at radius 1 is 1.43 bits per heavy atom. The average Bonchev–Trinajstić information content (AvgIpc) is 2.43. The monoisotopic (exact) mass is 289 g/mol. The molecule has 1 aromatic carbocycles. The Morgan fingerprint density at radius 3 is 2.71 bits per heavy atom. The summed E-state index contributed by atoms with van der Waals surface area (Å²) in [5.74, 6) is -1.05. The number of nitrogens with zero attached hydrogens (tertiary/aromatic N) is 2. The number of aromatic nitrogens is 1. The Morgan fingerprint density at radius 2 is 2.14 bits per heavy atom. The third-order valence-corrected chi connectivity index (χ3v) is 3.17. The molecule has 2 rings (SSSR count). The molecule has 0 spiro atoms. The Hall–Kier alpha value is -2.34. The predicted molar refractivity (Wildman–Crippen MR) is 83.2 cm³/mol. The van der Waals surface area contributed by atoms with Crippen LogP contribution in [0.15, 0.2) is 24.4 Å². The molecule has 0 fully saturated rings. The Labute approximate surface area is 123 Å². The molecular formula is C15H19N3O3. The minimum absolute atomic E-state index is 0.0963. The number of hydrogen-bond acceptors (Lipinski definition) is 5. The maximum Gasteiger partial charge on any atom is 0.339 e. The highest BCUT2D eigenvalue weighted by molar-refractivity contribution is 6.05. The smallest absolute Gasteiger partial charge is 0.339 e. The first-order chi connectivity index (χ1) is 9.90. The molecule has 6 nitrogen and oxygen atoms in total. The largest absolute Gasteiger partial charge is 0.478 e. The molecule has 1 atom stereocenters. The van der Waals surface area contributed by atoms with Gasteiger partial charge in [-0.2, -0.15) is 0 Å². The van der Waals surface area contributed by atoms with Gasteiger partial charge in [0.15, 0.2) is 0 Å². The van der Waals surface area contributed by atoms with E-state index >= 15 is 0 Å². The SMILES string of the molecule is C[C@@H](O)CNc1c(C(=O)O)cnc2ccc(N(C)C)cc12. The lowest BCUT2D eigenvalue weighted by Gasteiger charge is -2.17. The Bertz CT molecular complexity index is 669. The molecule has 2 aromatic rings. The van der Waals surface area contributed by atoms with E-state index < -0.39 is 12.1 Å². The van der Waals surface area contributed by atoms with Gasteiger partial charge < -0.3 is 20.4 Å². The van der Waals surface area contributed by atoms with Crippen molar-refractivity contribution in [2.24, 2.45) is 0 Å². The van der Waals surface area contributed by atoms with Gasteiger partial charge in [0.2, 0.25) is 0 Å². The second kappa shape index (κ2) is 5.97. The summed E-state index contributed by atoms with van der Waals surface area (Å²) in [7, 11) is 3.83. The Balaban J connectivity index is 2.63. The number of carbonyl (C=O) groups is 1. The molecular weight excluding hydrogens is 270 g/mol. The zero-order valence-corrected chi connectivity index (χ0v) is 12.3. The van der Waals surface area contributed by atoms with Gasteiger partial charge in [-0.1, -0.05) is 0 Å². The van der Waals surface area contributed by atoms with Crippen molar-refractivity contribution in [2.45, 2.75) is 13.0 Å². The fourth-order valence-corrected chi connectivity index (χ4v) is 2.06. The van der Waals surface area contributed by atoms with Crippen molar-refractivity contribution in [3.63, 3.8) is 0 Å². The molecule has 6 heteroatoms. The topological polar surface area (TPSA) is 85.7 Å². The molecule has 0 radical (unpaired) electrons. The zero-order valence-electron chi connectivity index (χ0n) is 12.3. The summed E-state index contributed by atoms with van der Waals surface area (Å²) in [6, 6.07) is 5.66. The number of rotatable bonds is 5. The van der Waals surface area contributed by atoms with E-state index in [1.54, 1.807) is 6.92 Å². The molecule has 0 bridgehead atoms. The molecule has 0 saturated heterocycles. The van der Waals surface area contributed by atoms with Gasteiger partial charge in [-0.25, -0.2) is 4.79 Å². The number of anilines is 2. The van der Waals surface area contributed by atoms with Crippen LogP contribution < -0.4 is 10.2 Å². The molecule has 0 saturated carbocycles. The van der Waals surface area contributed by atoms with Crippen LogP contribution in [0.1, 0.15) is 17.3 Å². The van der Waals surface area contributed by atoms with Crippen LogP contribution in [0.2, 0.25) is 0 Å². The van der Waals surface area contributed by atoms with Gasteiger partial charge in [-0.3, -0.25) is 4.98 Å². The van der Waals surface area contributed by atoms with Gasteiger partial charge in [0.1, 0.15) is 5.56 Å². The van der Waals surface area contributed by atoms with Crippen molar-refractivity contribution < 1.29 is 15.0 Å². The fraction of sp³-hybridized carbons (Fsp3) is 0.333. The molecule has 1 heterocycles. The third kappa shape index (κ3) is 3.22. The Kier molecular flexibility index (Phi) is 4.28. The molecule has 0 aliphatic heterocycles. The van der Waals surface area contributed by atoms with E-state index in [4.69, 9.17) is 0 Å². The summed E-state index contributed by atoms with van der Waals surface area (Å²) in [4.78, 5) is 17.5. The zero-order chi connectivity index (χ0) is 15.6. The maximum absolute atomic E-state index is 11.4. The molecule has 112 valence electrons. The van der Waals surface area contributed by atoms with Crippen molar-refractivity contribution in [3.05, 3.63) is 30.0 Å². The van der Waals surface area contributed by atoms with Crippen molar-refractivity contribution in [2.75, 3.05) is 30.9 Å². The fourth-order valence-electron chi connectivity index (χ4n) is 2.06. The molecule has 0 aliphatic rings. The second-order valence-electron chi connectivity index (χ2n) is 5.18. The first kappa shape index (κ1) is 15.1. The normalized spacial score (nSPS) is 12.2. The number of carboxylic acid groups (broad SMARTS) is 1. The van der Waals surface area contributed by atoms with Crippen LogP contribution >= 0.6 is 0 Å². The van der Waals surface area contributed by atoms with E-state index in [0.29, 0.717) is 11.2 Å². The number of aliphatic hydroxyl groups is 1. The van der Waals surface area contributed by atoms with Crippen LogP contribution in [0, 0.1) is 0 Å².